The lowest BCUT2D eigenvalue weighted by Crippen LogP contribution is -2.44. The van der Waals surface area contributed by atoms with Crippen LogP contribution < -0.4 is 0 Å². The van der Waals surface area contributed by atoms with Crippen molar-refractivity contribution in [3.63, 3.8) is 0 Å². The maximum Gasteiger partial charge on any atom is 0.0110 e. The van der Waals surface area contributed by atoms with Crippen molar-refractivity contribution in [3.8, 4) is 0 Å². The van der Waals surface area contributed by atoms with E-state index < -0.39 is 0 Å². The fourth-order valence-corrected chi connectivity index (χ4v) is 3.90. The SMILES string of the molecule is CC(C)C[C@H]1CCCN1CCCCCN1CCN(C)CC1. The molecule has 0 saturated carbocycles. The van der Waals surface area contributed by atoms with Crippen LogP contribution in [0.4, 0.5) is 0 Å². The minimum absolute atomic E-state index is 0.854. The molecule has 2 saturated heterocycles. The largest absolute Gasteiger partial charge is 0.304 e. The number of nitrogens with zero attached hydrogens (tertiary/aromatic N) is 3. The molecule has 2 fully saturated rings. The Balaban J connectivity index is 1.51. The van der Waals surface area contributed by atoms with E-state index in [1.165, 1.54) is 84.3 Å². The Morgan fingerprint density at radius 2 is 1.62 bits per heavy atom. The highest BCUT2D eigenvalue weighted by atomic mass is 15.2. The molecule has 2 aliphatic heterocycles. The maximum absolute atomic E-state index is 2.77. The van der Waals surface area contributed by atoms with Crippen LogP contribution in [0.15, 0.2) is 0 Å². The lowest BCUT2D eigenvalue weighted by molar-refractivity contribution is 0.151. The van der Waals surface area contributed by atoms with Gasteiger partial charge in [-0.15, -0.1) is 0 Å². The molecule has 0 bridgehead atoms. The highest BCUT2D eigenvalue weighted by molar-refractivity contribution is 4.79. The number of hydrogen-bond acceptors (Lipinski definition) is 3. The molecule has 2 rings (SSSR count). The normalized spacial score (nSPS) is 26.0. The summed E-state index contributed by atoms with van der Waals surface area (Å²) in [6, 6.07) is 0.891. The van der Waals surface area contributed by atoms with E-state index in [-0.39, 0.29) is 0 Å². The van der Waals surface area contributed by atoms with Gasteiger partial charge in [0.1, 0.15) is 0 Å². The lowest BCUT2D eigenvalue weighted by atomic mass is 10.0. The molecule has 1 atom stereocenters. The second kappa shape index (κ2) is 9.12. The van der Waals surface area contributed by atoms with Crippen LogP contribution in [-0.2, 0) is 0 Å². The first-order valence-corrected chi connectivity index (χ1v) is 9.30. The quantitative estimate of drug-likeness (QED) is 0.638. The standard InChI is InChI=1S/C18H37N3/c1-17(2)16-18-8-7-11-21(18)10-6-4-5-9-20-14-12-19(3)13-15-20/h17-18H,4-16H2,1-3H3/t18-/m1/s1. The summed E-state index contributed by atoms with van der Waals surface area (Å²) < 4.78 is 0. The van der Waals surface area contributed by atoms with Crippen LogP contribution in [0, 0.1) is 5.92 Å². The first kappa shape index (κ1) is 17.2. The molecule has 0 N–H and O–H groups in total. The molecule has 21 heavy (non-hydrogen) atoms. The van der Waals surface area contributed by atoms with Crippen molar-refractivity contribution in [2.75, 3.05) is 52.9 Å². The van der Waals surface area contributed by atoms with E-state index in [1.54, 1.807) is 0 Å². The van der Waals surface area contributed by atoms with Gasteiger partial charge in [0.2, 0.25) is 0 Å². The maximum atomic E-state index is 2.77. The number of likely N-dealkylation sites (tertiary alicyclic amines) is 1. The Bertz CT molecular complexity index is 272. The van der Waals surface area contributed by atoms with E-state index in [4.69, 9.17) is 0 Å². The van der Waals surface area contributed by atoms with Crippen molar-refractivity contribution >= 4 is 0 Å². The highest BCUT2D eigenvalue weighted by Crippen LogP contribution is 2.23. The van der Waals surface area contributed by atoms with Crippen LogP contribution in [0.5, 0.6) is 0 Å². The van der Waals surface area contributed by atoms with Gasteiger partial charge in [0, 0.05) is 32.2 Å². The molecule has 0 amide bonds. The molecule has 2 heterocycles. The first-order chi connectivity index (χ1) is 10.1. The third kappa shape index (κ3) is 6.25. The van der Waals surface area contributed by atoms with Crippen molar-refractivity contribution in [2.45, 2.75) is 58.4 Å². The molecule has 124 valence electrons. The zero-order chi connectivity index (χ0) is 15.1. The zero-order valence-electron chi connectivity index (χ0n) is 14.7. The van der Waals surface area contributed by atoms with Gasteiger partial charge in [-0.25, -0.2) is 0 Å². The predicted molar refractivity (Wildman–Crippen MR) is 91.8 cm³/mol. The molecule has 0 aromatic rings. The minimum atomic E-state index is 0.854. The summed E-state index contributed by atoms with van der Waals surface area (Å²) in [5.74, 6) is 0.854. The Kier molecular flexibility index (Phi) is 7.48. The van der Waals surface area contributed by atoms with Crippen LogP contribution in [0.2, 0.25) is 0 Å². The number of unbranched alkanes of at least 4 members (excludes halogenated alkanes) is 2. The minimum Gasteiger partial charge on any atom is -0.304 e. The van der Waals surface area contributed by atoms with Crippen LogP contribution in [-0.4, -0.2) is 73.6 Å². The molecule has 0 radical (unpaired) electrons. The van der Waals surface area contributed by atoms with Gasteiger partial charge in [-0.05, 0) is 64.7 Å². The average Bonchev–Trinajstić information content (AvgIpc) is 2.87. The number of likely N-dealkylation sites (N-methyl/N-ethyl adjacent to an activating group) is 1. The van der Waals surface area contributed by atoms with E-state index in [0.29, 0.717) is 0 Å². The topological polar surface area (TPSA) is 9.72 Å². The van der Waals surface area contributed by atoms with Crippen molar-refractivity contribution in [2.24, 2.45) is 5.92 Å². The zero-order valence-corrected chi connectivity index (χ0v) is 14.7. The van der Waals surface area contributed by atoms with Crippen LogP contribution in [0.25, 0.3) is 0 Å². The summed E-state index contributed by atoms with van der Waals surface area (Å²) in [4.78, 5) is 7.87. The Morgan fingerprint density at radius 1 is 0.905 bits per heavy atom. The van der Waals surface area contributed by atoms with Gasteiger partial charge in [0.25, 0.3) is 0 Å². The smallest absolute Gasteiger partial charge is 0.0110 e. The van der Waals surface area contributed by atoms with Crippen LogP contribution in [0.3, 0.4) is 0 Å². The summed E-state index contributed by atoms with van der Waals surface area (Å²) >= 11 is 0. The van der Waals surface area contributed by atoms with E-state index in [0.717, 1.165) is 12.0 Å². The molecule has 0 aliphatic carbocycles. The fraction of sp³-hybridized carbons (Fsp3) is 1.00. The van der Waals surface area contributed by atoms with E-state index in [9.17, 15) is 0 Å². The molecule has 0 aromatic heterocycles. The monoisotopic (exact) mass is 295 g/mol. The van der Waals surface area contributed by atoms with Crippen molar-refractivity contribution < 1.29 is 0 Å². The molecular weight excluding hydrogens is 258 g/mol. The number of hydrogen-bond donors (Lipinski definition) is 0. The summed E-state index contributed by atoms with van der Waals surface area (Å²) in [7, 11) is 2.24. The molecule has 2 aliphatic rings. The molecule has 3 nitrogen and oxygen atoms in total. The van der Waals surface area contributed by atoms with Gasteiger partial charge in [-0.1, -0.05) is 20.3 Å². The van der Waals surface area contributed by atoms with Gasteiger partial charge < -0.3 is 14.7 Å². The average molecular weight is 296 g/mol. The molecule has 3 heteroatoms. The third-order valence-corrected chi connectivity index (χ3v) is 5.26. The number of piperazine rings is 1. The van der Waals surface area contributed by atoms with Crippen molar-refractivity contribution in [1.82, 2.24) is 14.7 Å². The van der Waals surface area contributed by atoms with Crippen LogP contribution in [0.1, 0.15) is 52.4 Å². The number of rotatable bonds is 8. The lowest BCUT2D eigenvalue weighted by Gasteiger charge is -2.32. The third-order valence-electron chi connectivity index (χ3n) is 5.26. The Labute approximate surface area is 132 Å². The fourth-order valence-electron chi connectivity index (χ4n) is 3.90. The van der Waals surface area contributed by atoms with Crippen LogP contribution >= 0.6 is 0 Å². The van der Waals surface area contributed by atoms with Gasteiger partial charge in [0.15, 0.2) is 0 Å². The second-order valence-corrected chi connectivity index (χ2v) is 7.67. The highest BCUT2D eigenvalue weighted by Gasteiger charge is 2.24. The Morgan fingerprint density at radius 3 is 2.33 bits per heavy atom. The van der Waals surface area contributed by atoms with Crippen molar-refractivity contribution in [3.05, 3.63) is 0 Å². The summed E-state index contributed by atoms with van der Waals surface area (Å²) in [6.07, 6.45) is 8.49. The molecular formula is C18H37N3. The summed E-state index contributed by atoms with van der Waals surface area (Å²) in [5, 5.41) is 0. The second-order valence-electron chi connectivity index (χ2n) is 7.67. The summed E-state index contributed by atoms with van der Waals surface area (Å²) in [6.45, 7) is 13.8. The Hall–Kier alpha value is -0.120. The first-order valence-electron chi connectivity index (χ1n) is 9.30. The van der Waals surface area contributed by atoms with E-state index >= 15 is 0 Å². The predicted octanol–water partition coefficient (Wildman–Crippen LogP) is 2.91. The molecule has 0 spiro atoms. The summed E-state index contributed by atoms with van der Waals surface area (Å²) in [5.41, 5.74) is 0. The van der Waals surface area contributed by atoms with Gasteiger partial charge in [0.05, 0.1) is 0 Å². The van der Waals surface area contributed by atoms with E-state index in [1.807, 2.05) is 0 Å². The molecule has 0 unspecified atom stereocenters. The van der Waals surface area contributed by atoms with Gasteiger partial charge in [-0.3, -0.25) is 0 Å². The van der Waals surface area contributed by atoms with E-state index in [2.05, 4.69) is 35.6 Å². The van der Waals surface area contributed by atoms with Crippen molar-refractivity contribution in [1.29, 1.82) is 0 Å². The van der Waals surface area contributed by atoms with Gasteiger partial charge in [-0.2, -0.15) is 0 Å². The van der Waals surface area contributed by atoms with Gasteiger partial charge >= 0.3 is 0 Å². The molecule has 0 aromatic carbocycles.